The second kappa shape index (κ2) is 6.85. The maximum atomic E-state index is 6.50. The van der Waals surface area contributed by atoms with Gasteiger partial charge in [-0.3, -0.25) is 0 Å². The third-order valence-corrected chi connectivity index (χ3v) is 7.42. The van der Waals surface area contributed by atoms with Crippen LogP contribution in [0.25, 0.3) is 27.5 Å². The van der Waals surface area contributed by atoms with E-state index in [1.165, 1.54) is 27.4 Å². The van der Waals surface area contributed by atoms with Crippen molar-refractivity contribution in [2.24, 2.45) is 0 Å². The summed E-state index contributed by atoms with van der Waals surface area (Å²) in [6, 6.07) is 23.7. The fraction of sp³-hybridized carbons (Fsp3) is 0.0625. The lowest BCUT2D eigenvalue weighted by molar-refractivity contribution is 0.401. The molecule has 1 aliphatic carbocycles. The molecule has 0 saturated carbocycles. The molecule has 34 heavy (non-hydrogen) atoms. The molecule has 0 amide bonds. The number of nitrogens with zero attached hydrogens (tertiary/aromatic N) is 1. The van der Waals surface area contributed by atoms with Crippen molar-refractivity contribution in [2.75, 3.05) is 0 Å². The molecule has 3 heterocycles. The molecule has 3 aromatic carbocycles. The summed E-state index contributed by atoms with van der Waals surface area (Å²) in [5, 5.41) is 2.49. The van der Waals surface area contributed by atoms with E-state index < -0.39 is 5.41 Å². The highest BCUT2D eigenvalue weighted by Crippen LogP contribution is 2.59. The topological polar surface area (TPSA) is 14.2 Å². The quantitative estimate of drug-likeness (QED) is 0.312. The van der Waals surface area contributed by atoms with Gasteiger partial charge in [0.05, 0.1) is 22.1 Å². The molecule has 1 unspecified atom stereocenters. The molecule has 162 valence electrons. The molecule has 2 heteroatoms. The van der Waals surface area contributed by atoms with E-state index in [-0.39, 0.29) is 0 Å². The molecule has 3 aliphatic rings. The van der Waals surface area contributed by atoms with Crippen LogP contribution >= 0.6 is 0 Å². The van der Waals surface area contributed by atoms with Gasteiger partial charge in [-0.1, -0.05) is 92.1 Å². The van der Waals surface area contributed by atoms with Gasteiger partial charge in [-0.05, 0) is 41.8 Å². The van der Waals surface area contributed by atoms with Crippen molar-refractivity contribution in [3.05, 3.63) is 144 Å². The van der Waals surface area contributed by atoms with Gasteiger partial charge in [0.2, 0.25) is 0 Å². The van der Waals surface area contributed by atoms with Crippen molar-refractivity contribution in [3.8, 4) is 5.75 Å². The Morgan fingerprint density at radius 3 is 2.44 bits per heavy atom. The van der Waals surface area contributed by atoms with Gasteiger partial charge in [0.1, 0.15) is 11.5 Å². The summed E-state index contributed by atoms with van der Waals surface area (Å²) in [6.45, 7) is 8.62. The number of allylic oxidation sites excluding steroid dienone is 9. The van der Waals surface area contributed by atoms with Gasteiger partial charge >= 0.3 is 0 Å². The van der Waals surface area contributed by atoms with Crippen LogP contribution in [0.5, 0.6) is 5.75 Å². The maximum Gasteiger partial charge on any atom is 0.132 e. The number of rotatable bonds is 2. The van der Waals surface area contributed by atoms with Gasteiger partial charge in [0.15, 0.2) is 0 Å². The second-order valence-corrected chi connectivity index (χ2v) is 8.93. The van der Waals surface area contributed by atoms with E-state index in [1.54, 1.807) is 0 Å². The molecule has 7 rings (SSSR count). The molecule has 0 radical (unpaired) electrons. The van der Waals surface area contributed by atoms with Crippen LogP contribution in [0.15, 0.2) is 133 Å². The van der Waals surface area contributed by atoms with Gasteiger partial charge < -0.3 is 9.30 Å². The number of aromatic nitrogens is 1. The van der Waals surface area contributed by atoms with E-state index in [4.69, 9.17) is 4.74 Å². The highest BCUT2D eigenvalue weighted by molar-refractivity contribution is 6.13. The number of hydrogen-bond donors (Lipinski definition) is 0. The Bertz CT molecular complexity index is 1690. The molecule has 2 aliphatic heterocycles. The van der Waals surface area contributed by atoms with Crippen LogP contribution in [0.1, 0.15) is 17.5 Å². The smallest absolute Gasteiger partial charge is 0.132 e. The predicted octanol–water partition coefficient (Wildman–Crippen LogP) is 7.84. The Balaban J connectivity index is 1.79. The normalized spacial score (nSPS) is 20.4. The summed E-state index contributed by atoms with van der Waals surface area (Å²) in [7, 11) is 0. The largest absolute Gasteiger partial charge is 0.457 e. The average Bonchev–Trinajstić information content (AvgIpc) is 3.03. The van der Waals surface area contributed by atoms with E-state index in [9.17, 15) is 0 Å². The summed E-state index contributed by atoms with van der Waals surface area (Å²) in [4.78, 5) is 0. The zero-order chi connectivity index (χ0) is 22.9. The molecule has 1 spiro atoms. The number of hydrogen-bond acceptors (Lipinski definition) is 1. The van der Waals surface area contributed by atoms with Gasteiger partial charge in [-0.2, -0.15) is 0 Å². The molecule has 0 bridgehead atoms. The first kappa shape index (κ1) is 19.2. The Labute approximate surface area is 198 Å². The molecule has 4 aromatic rings. The highest BCUT2D eigenvalue weighted by atomic mass is 16.5. The van der Waals surface area contributed by atoms with Crippen LogP contribution in [0.3, 0.4) is 0 Å². The number of benzene rings is 3. The van der Waals surface area contributed by atoms with Gasteiger partial charge in [0.25, 0.3) is 0 Å². The number of para-hydroxylation sites is 3. The minimum absolute atomic E-state index is 0.565. The zero-order valence-electron chi connectivity index (χ0n) is 18.8. The molecule has 1 aromatic heterocycles. The fourth-order valence-electron chi connectivity index (χ4n) is 6.21. The van der Waals surface area contributed by atoms with Gasteiger partial charge in [-0.15, -0.1) is 0 Å². The monoisotopic (exact) mass is 437 g/mol. The van der Waals surface area contributed by atoms with Crippen molar-refractivity contribution in [1.82, 2.24) is 4.57 Å². The first-order valence-electron chi connectivity index (χ1n) is 11.7. The van der Waals surface area contributed by atoms with Crippen molar-refractivity contribution in [2.45, 2.75) is 11.8 Å². The second-order valence-electron chi connectivity index (χ2n) is 8.93. The zero-order valence-corrected chi connectivity index (χ0v) is 18.8. The number of fused-ring (bicyclic) bond motifs is 7. The first-order valence-corrected chi connectivity index (χ1v) is 11.7. The van der Waals surface area contributed by atoms with E-state index >= 15 is 0 Å². The van der Waals surface area contributed by atoms with Crippen molar-refractivity contribution < 1.29 is 4.74 Å². The molecule has 0 fully saturated rings. The first-order chi connectivity index (χ1) is 16.8. The van der Waals surface area contributed by atoms with Crippen molar-refractivity contribution >= 4 is 27.5 Å². The highest BCUT2D eigenvalue weighted by Gasteiger charge is 2.50. The third kappa shape index (κ3) is 2.16. The summed E-state index contributed by atoms with van der Waals surface area (Å²) < 4.78 is 8.86. The van der Waals surface area contributed by atoms with E-state index in [0.29, 0.717) is 0 Å². The van der Waals surface area contributed by atoms with Crippen LogP contribution in [0.4, 0.5) is 0 Å². The van der Waals surface area contributed by atoms with E-state index in [1.807, 2.05) is 18.2 Å². The van der Waals surface area contributed by atoms with Crippen molar-refractivity contribution in [3.63, 3.8) is 0 Å². The van der Waals surface area contributed by atoms with Crippen LogP contribution in [0.2, 0.25) is 0 Å². The number of ether oxygens (including phenoxy) is 1. The Morgan fingerprint density at radius 2 is 1.56 bits per heavy atom. The SMILES string of the molecule is C=CC1=C(C=C)C2(C3=C(C=CCC=C3)Oc3ccccc32)c2cccc3c4ccccc4n1c23. The molecule has 0 N–H and O–H groups in total. The van der Waals surface area contributed by atoms with Crippen molar-refractivity contribution in [1.29, 1.82) is 0 Å². The Kier molecular flexibility index (Phi) is 3.87. The van der Waals surface area contributed by atoms with Crippen LogP contribution < -0.4 is 4.74 Å². The lowest BCUT2D eigenvalue weighted by atomic mass is 9.60. The molecule has 2 nitrogen and oxygen atoms in total. The van der Waals surface area contributed by atoms with Gasteiger partial charge in [-0.25, -0.2) is 0 Å². The summed E-state index contributed by atoms with van der Waals surface area (Å²) in [6.07, 6.45) is 13.6. The third-order valence-electron chi connectivity index (χ3n) is 7.42. The lowest BCUT2D eigenvalue weighted by Crippen LogP contribution is -2.39. The van der Waals surface area contributed by atoms with E-state index in [2.05, 4.69) is 103 Å². The standard InChI is InChI=1S/C32H23NO/c1-3-23-27(4-2)33-28-18-10-8-13-21(28)22-14-12-17-26(31(22)33)32(23)24-15-6-5-7-19-29(24)34-30-20-11-9-16-25(30)32/h3-4,6-20H,1-2,5H2. The lowest BCUT2D eigenvalue weighted by Gasteiger charge is -2.45. The summed E-state index contributed by atoms with van der Waals surface area (Å²) in [5.41, 5.74) is 7.52. The molecule has 1 atom stereocenters. The Morgan fingerprint density at radius 1 is 0.794 bits per heavy atom. The molecular formula is C32H23NO. The van der Waals surface area contributed by atoms with Crippen LogP contribution in [-0.2, 0) is 5.41 Å². The predicted molar refractivity (Wildman–Crippen MR) is 141 cm³/mol. The Hall–Kier alpha value is -4.30. The van der Waals surface area contributed by atoms with Crippen LogP contribution in [0, 0.1) is 0 Å². The minimum atomic E-state index is -0.565. The summed E-state index contributed by atoms with van der Waals surface area (Å²) >= 11 is 0. The molecule has 0 saturated heterocycles. The van der Waals surface area contributed by atoms with E-state index in [0.717, 1.165) is 40.3 Å². The minimum Gasteiger partial charge on any atom is -0.457 e. The average molecular weight is 438 g/mol. The fourth-order valence-corrected chi connectivity index (χ4v) is 6.21. The molecular weight excluding hydrogens is 414 g/mol. The summed E-state index contributed by atoms with van der Waals surface area (Å²) in [5.74, 6) is 1.77. The maximum absolute atomic E-state index is 6.50. The van der Waals surface area contributed by atoms with Gasteiger partial charge in [0, 0.05) is 21.9 Å². The van der Waals surface area contributed by atoms with Crippen LogP contribution in [-0.4, -0.2) is 4.57 Å².